The Hall–Kier alpha value is -2.15. The van der Waals surface area contributed by atoms with Gasteiger partial charge in [0.2, 0.25) is 0 Å². The minimum atomic E-state index is -0.823. The summed E-state index contributed by atoms with van der Waals surface area (Å²) in [7, 11) is 1.28. The number of carbonyl (C=O) groups is 2. The Balaban J connectivity index is 2.77. The Bertz CT molecular complexity index is 594. The molecule has 1 aromatic carbocycles. The number of thiocarbonyl (C=S) groups is 1. The second-order valence-corrected chi connectivity index (χ2v) is 6.92. The number of amides is 1. The molecule has 2 N–H and O–H groups in total. The molecular formula is C17H24N2O4S. The highest BCUT2D eigenvalue weighted by atomic mass is 32.1. The number of carbonyl (C=O) groups excluding carboxylic acids is 2. The first-order valence-corrected chi connectivity index (χ1v) is 7.95. The van der Waals surface area contributed by atoms with Gasteiger partial charge in [-0.2, -0.15) is 0 Å². The van der Waals surface area contributed by atoms with Crippen molar-refractivity contribution < 1.29 is 19.1 Å². The molecule has 1 atom stereocenters. The molecule has 0 heterocycles. The zero-order valence-electron chi connectivity index (χ0n) is 14.6. The first kappa shape index (κ1) is 19.9. The van der Waals surface area contributed by atoms with Gasteiger partial charge in [-0.05, 0) is 45.4 Å². The quantitative estimate of drug-likeness (QED) is 0.626. The Kier molecular flexibility index (Phi) is 7.16. The van der Waals surface area contributed by atoms with Gasteiger partial charge in [0.25, 0.3) is 0 Å². The molecule has 1 rings (SSSR count). The largest absolute Gasteiger partial charge is 0.467 e. The van der Waals surface area contributed by atoms with Gasteiger partial charge >= 0.3 is 12.1 Å². The summed E-state index contributed by atoms with van der Waals surface area (Å²) in [5, 5.41) is 5.57. The van der Waals surface area contributed by atoms with Gasteiger partial charge in [0.05, 0.1) is 12.1 Å². The maximum Gasteiger partial charge on any atom is 0.408 e. The lowest BCUT2D eigenvalue weighted by Gasteiger charge is -2.22. The number of methoxy groups -OCH3 is 1. The van der Waals surface area contributed by atoms with Crippen LogP contribution in [0.4, 0.5) is 10.5 Å². The number of rotatable bonds is 5. The fourth-order valence-electron chi connectivity index (χ4n) is 1.95. The van der Waals surface area contributed by atoms with Crippen molar-refractivity contribution in [2.45, 2.75) is 45.8 Å². The van der Waals surface area contributed by atoms with Crippen LogP contribution in [-0.4, -0.2) is 35.8 Å². The lowest BCUT2D eigenvalue weighted by Crippen LogP contribution is -2.45. The van der Waals surface area contributed by atoms with Crippen LogP contribution in [-0.2, 0) is 20.7 Å². The van der Waals surface area contributed by atoms with Crippen molar-refractivity contribution in [2.24, 2.45) is 0 Å². The highest BCUT2D eigenvalue weighted by Crippen LogP contribution is 2.13. The fraction of sp³-hybridized carbons (Fsp3) is 0.471. The summed E-state index contributed by atoms with van der Waals surface area (Å²) in [5.74, 6) is -0.530. The Morgan fingerprint density at radius 2 is 1.79 bits per heavy atom. The molecule has 7 heteroatoms. The molecule has 0 saturated carbocycles. The van der Waals surface area contributed by atoms with Crippen molar-refractivity contribution in [3.05, 3.63) is 29.8 Å². The third-order valence-corrected chi connectivity index (χ3v) is 2.99. The van der Waals surface area contributed by atoms with Gasteiger partial charge < -0.3 is 20.1 Å². The molecule has 0 bridgehead atoms. The van der Waals surface area contributed by atoms with Crippen molar-refractivity contribution in [1.82, 2.24) is 5.32 Å². The molecule has 0 aliphatic carbocycles. The zero-order valence-corrected chi connectivity index (χ0v) is 15.5. The van der Waals surface area contributed by atoms with Gasteiger partial charge in [0.15, 0.2) is 0 Å². The molecule has 24 heavy (non-hydrogen) atoms. The van der Waals surface area contributed by atoms with E-state index in [1.54, 1.807) is 27.7 Å². The topological polar surface area (TPSA) is 76.7 Å². The van der Waals surface area contributed by atoms with Crippen LogP contribution in [0.3, 0.4) is 0 Å². The third kappa shape index (κ3) is 7.41. The normalized spacial score (nSPS) is 12.0. The molecule has 0 unspecified atom stereocenters. The Morgan fingerprint density at radius 1 is 1.21 bits per heavy atom. The molecule has 0 fully saturated rings. The zero-order chi connectivity index (χ0) is 18.3. The van der Waals surface area contributed by atoms with E-state index in [-0.39, 0.29) is 0 Å². The number of hydrogen-bond donors (Lipinski definition) is 2. The molecule has 1 aromatic rings. The van der Waals surface area contributed by atoms with Crippen LogP contribution in [0.2, 0.25) is 0 Å². The number of esters is 1. The SMILES string of the molecule is COC(=O)[C@H](Cc1ccc(NC(C)=S)cc1)NC(=O)OC(C)(C)C. The lowest BCUT2D eigenvalue weighted by molar-refractivity contribution is -0.143. The van der Waals surface area contributed by atoms with E-state index in [0.717, 1.165) is 11.3 Å². The molecule has 0 saturated heterocycles. The molecule has 6 nitrogen and oxygen atoms in total. The monoisotopic (exact) mass is 352 g/mol. The average Bonchev–Trinajstić information content (AvgIpc) is 2.45. The van der Waals surface area contributed by atoms with Crippen LogP contribution in [0.15, 0.2) is 24.3 Å². The first-order chi connectivity index (χ1) is 11.1. The number of alkyl carbamates (subject to hydrolysis) is 1. The molecule has 1 amide bonds. The van der Waals surface area contributed by atoms with E-state index in [9.17, 15) is 9.59 Å². The van der Waals surface area contributed by atoms with Crippen LogP contribution < -0.4 is 10.6 Å². The van der Waals surface area contributed by atoms with Crippen LogP contribution in [0.1, 0.15) is 33.3 Å². The molecule has 132 valence electrons. The second-order valence-electron chi connectivity index (χ2n) is 6.30. The molecule has 0 aromatic heterocycles. The summed E-state index contributed by atoms with van der Waals surface area (Å²) in [5.41, 5.74) is 1.09. The highest BCUT2D eigenvalue weighted by molar-refractivity contribution is 7.80. The molecule has 0 aliphatic rings. The smallest absolute Gasteiger partial charge is 0.408 e. The van der Waals surface area contributed by atoms with Crippen molar-refractivity contribution in [3.8, 4) is 0 Å². The van der Waals surface area contributed by atoms with Crippen molar-refractivity contribution in [2.75, 3.05) is 12.4 Å². The van der Waals surface area contributed by atoms with Crippen LogP contribution in [0, 0.1) is 0 Å². The summed E-state index contributed by atoms with van der Waals surface area (Å²) in [6.45, 7) is 7.05. The van der Waals surface area contributed by atoms with Gasteiger partial charge in [-0.25, -0.2) is 9.59 Å². The number of benzene rings is 1. The van der Waals surface area contributed by atoms with Crippen molar-refractivity contribution in [1.29, 1.82) is 0 Å². The van der Waals surface area contributed by atoms with Gasteiger partial charge in [-0.1, -0.05) is 24.4 Å². The predicted molar refractivity (Wildman–Crippen MR) is 97.2 cm³/mol. The van der Waals surface area contributed by atoms with E-state index in [0.29, 0.717) is 11.4 Å². The predicted octanol–water partition coefficient (Wildman–Crippen LogP) is 3.05. The van der Waals surface area contributed by atoms with E-state index in [1.807, 2.05) is 24.3 Å². The van der Waals surface area contributed by atoms with Gasteiger partial charge in [-0.3, -0.25) is 0 Å². The maximum absolute atomic E-state index is 11.9. The minimum absolute atomic E-state index is 0.294. The molecule has 0 aliphatic heterocycles. The van der Waals surface area contributed by atoms with Crippen LogP contribution in [0.5, 0.6) is 0 Å². The summed E-state index contributed by atoms with van der Waals surface area (Å²) in [6, 6.07) is 6.59. The van der Waals surface area contributed by atoms with Crippen LogP contribution >= 0.6 is 12.2 Å². The van der Waals surface area contributed by atoms with Gasteiger partial charge in [0.1, 0.15) is 11.6 Å². The second kappa shape index (κ2) is 8.63. The molecule has 0 radical (unpaired) electrons. The Morgan fingerprint density at radius 3 is 2.25 bits per heavy atom. The summed E-state index contributed by atoms with van der Waals surface area (Å²) >= 11 is 4.99. The number of ether oxygens (including phenoxy) is 2. The summed E-state index contributed by atoms with van der Waals surface area (Å²) in [4.78, 5) is 24.5. The van der Waals surface area contributed by atoms with Crippen molar-refractivity contribution in [3.63, 3.8) is 0 Å². The third-order valence-electron chi connectivity index (χ3n) is 2.89. The van der Waals surface area contributed by atoms with Gasteiger partial charge in [0, 0.05) is 12.1 Å². The standard InChI is InChI=1S/C17H24N2O4S/c1-11(24)18-13-8-6-12(7-9-13)10-14(15(20)22-5)19-16(21)23-17(2,3)4/h6-9,14H,10H2,1-5H3,(H,18,24)(H,19,21)/t14-/m0/s1. The minimum Gasteiger partial charge on any atom is -0.467 e. The number of anilines is 1. The summed E-state index contributed by atoms with van der Waals surface area (Å²) < 4.78 is 9.93. The average molecular weight is 352 g/mol. The highest BCUT2D eigenvalue weighted by Gasteiger charge is 2.25. The first-order valence-electron chi connectivity index (χ1n) is 7.54. The van der Waals surface area contributed by atoms with E-state index >= 15 is 0 Å². The van der Waals surface area contributed by atoms with E-state index in [1.165, 1.54) is 7.11 Å². The summed E-state index contributed by atoms with van der Waals surface area (Å²) in [6.07, 6.45) is -0.365. The molecular weight excluding hydrogens is 328 g/mol. The number of hydrogen-bond acceptors (Lipinski definition) is 5. The van der Waals surface area contributed by atoms with E-state index in [2.05, 4.69) is 10.6 Å². The number of nitrogens with one attached hydrogen (secondary N) is 2. The molecule has 0 spiro atoms. The van der Waals surface area contributed by atoms with Crippen molar-refractivity contribution >= 4 is 35.0 Å². The van der Waals surface area contributed by atoms with Gasteiger partial charge in [-0.15, -0.1) is 0 Å². The van der Waals surface area contributed by atoms with E-state index in [4.69, 9.17) is 21.7 Å². The maximum atomic E-state index is 11.9. The van der Waals surface area contributed by atoms with E-state index < -0.39 is 23.7 Å². The fourth-order valence-corrected chi connectivity index (χ4v) is 2.07. The Labute approximate surface area is 147 Å². The lowest BCUT2D eigenvalue weighted by atomic mass is 10.1. The van der Waals surface area contributed by atoms with Crippen LogP contribution in [0.25, 0.3) is 0 Å².